The van der Waals surface area contributed by atoms with Gasteiger partial charge in [-0.3, -0.25) is 9.59 Å². The van der Waals surface area contributed by atoms with Gasteiger partial charge in [0.1, 0.15) is 5.82 Å². The number of hydrogen-bond acceptors (Lipinski definition) is 2. The second-order valence-electron chi connectivity index (χ2n) is 3.95. The second kappa shape index (κ2) is 5.66. The summed E-state index contributed by atoms with van der Waals surface area (Å²) in [5.74, 6) is -2.63. The lowest BCUT2D eigenvalue weighted by Crippen LogP contribution is -2.30. The highest BCUT2D eigenvalue weighted by Crippen LogP contribution is 2.14. The zero-order chi connectivity index (χ0) is 13.0. The highest BCUT2D eigenvalue weighted by molar-refractivity contribution is 6.13. The van der Waals surface area contributed by atoms with Gasteiger partial charge in [-0.1, -0.05) is 13.8 Å². The molecule has 0 spiro atoms. The maximum absolute atomic E-state index is 13.6. The van der Waals surface area contributed by atoms with Crippen molar-refractivity contribution in [1.82, 2.24) is 0 Å². The van der Waals surface area contributed by atoms with E-state index in [9.17, 15) is 18.4 Å². The summed E-state index contributed by atoms with van der Waals surface area (Å²) in [7, 11) is 0. The van der Waals surface area contributed by atoms with E-state index in [4.69, 9.17) is 0 Å². The van der Waals surface area contributed by atoms with Crippen molar-refractivity contribution in [1.29, 1.82) is 0 Å². The van der Waals surface area contributed by atoms with Gasteiger partial charge in [-0.15, -0.1) is 0 Å². The van der Waals surface area contributed by atoms with Gasteiger partial charge in [-0.25, -0.2) is 8.78 Å². The normalized spacial score (nSPS) is 14.1. The van der Waals surface area contributed by atoms with Crippen molar-refractivity contribution < 1.29 is 18.4 Å². The fraction of sp³-hybridized carbons (Fsp3) is 0.385. The van der Waals surface area contributed by atoms with Crippen LogP contribution in [0.2, 0.25) is 0 Å². The average molecular weight is 240 g/mol. The molecule has 0 bridgehead atoms. The quantitative estimate of drug-likeness (QED) is 0.585. The molecule has 0 saturated heterocycles. The van der Waals surface area contributed by atoms with Crippen LogP contribution >= 0.6 is 0 Å². The zero-order valence-corrected chi connectivity index (χ0v) is 9.74. The largest absolute Gasteiger partial charge is 0.296 e. The second-order valence-corrected chi connectivity index (χ2v) is 3.95. The maximum atomic E-state index is 13.6. The molecule has 92 valence electrons. The van der Waals surface area contributed by atoms with Gasteiger partial charge >= 0.3 is 0 Å². The molecule has 1 rings (SSSR count). The molecule has 0 fully saturated rings. The van der Waals surface area contributed by atoms with Crippen LogP contribution in [0.25, 0.3) is 0 Å². The molecule has 2 atom stereocenters. The van der Waals surface area contributed by atoms with Crippen molar-refractivity contribution in [2.75, 3.05) is 0 Å². The van der Waals surface area contributed by atoms with Crippen molar-refractivity contribution in [3.05, 3.63) is 35.6 Å². The van der Waals surface area contributed by atoms with Gasteiger partial charge in [0.05, 0.1) is 0 Å². The summed E-state index contributed by atoms with van der Waals surface area (Å²) in [5, 5.41) is 0. The van der Waals surface area contributed by atoms with Crippen molar-refractivity contribution in [3.8, 4) is 0 Å². The van der Waals surface area contributed by atoms with Crippen LogP contribution in [0.1, 0.15) is 30.6 Å². The third-order valence-electron chi connectivity index (χ3n) is 2.71. The fourth-order valence-corrected chi connectivity index (χ4v) is 1.34. The predicted molar refractivity (Wildman–Crippen MR) is 60.1 cm³/mol. The Labute approximate surface area is 98.6 Å². The Morgan fingerprint density at radius 3 is 2.24 bits per heavy atom. The summed E-state index contributed by atoms with van der Waals surface area (Å²) in [5.41, 5.74) is 0.00977. The monoisotopic (exact) mass is 240 g/mol. The Balaban J connectivity index is 2.83. The molecule has 0 saturated carbocycles. The molecular weight excluding hydrogens is 226 g/mol. The molecule has 1 aromatic carbocycles. The summed E-state index contributed by atoms with van der Waals surface area (Å²) in [4.78, 5) is 23.1. The first-order chi connectivity index (χ1) is 7.97. The molecule has 0 aliphatic heterocycles. The lowest BCUT2D eigenvalue weighted by atomic mass is 9.95. The standard InChI is InChI=1S/C13H14F2O2/c1-3-8(2)12(16)11(15)13(17)9-4-6-10(14)7-5-9/h4-8,11H,3H2,1-2H3. The van der Waals surface area contributed by atoms with Gasteiger partial charge in [0.25, 0.3) is 0 Å². The molecule has 0 heterocycles. The van der Waals surface area contributed by atoms with Crippen LogP contribution in [0.4, 0.5) is 8.78 Å². The van der Waals surface area contributed by atoms with Gasteiger partial charge < -0.3 is 0 Å². The van der Waals surface area contributed by atoms with Gasteiger partial charge in [-0.2, -0.15) is 0 Å². The number of Topliss-reactive ketones (excluding diaryl/α,β-unsaturated/α-hetero) is 2. The number of halogens is 2. The molecule has 0 amide bonds. The minimum atomic E-state index is -2.16. The summed E-state index contributed by atoms with van der Waals surface area (Å²) < 4.78 is 26.2. The van der Waals surface area contributed by atoms with E-state index in [-0.39, 0.29) is 5.56 Å². The lowest BCUT2D eigenvalue weighted by Gasteiger charge is -2.11. The Morgan fingerprint density at radius 1 is 1.24 bits per heavy atom. The number of carbonyl (C=O) groups excluding carboxylic acids is 2. The Hall–Kier alpha value is -1.58. The van der Waals surface area contributed by atoms with E-state index >= 15 is 0 Å². The first-order valence-electron chi connectivity index (χ1n) is 5.45. The molecule has 4 heteroatoms. The topological polar surface area (TPSA) is 34.1 Å². The highest BCUT2D eigenvalue weighted by atomic mass is 19.1. The van der Waals surface area contributed by atoms with Crippen molar-refractivity contribution in [2.45, 2.75) is 26.4 Å². The number of benzene rings is 1. The first kappa shape index (κ1) is 13.5. The van der Waals surface area contributed by atoms with Crippen molar-refractivity contribution in [2.24, 2.45) is 5.92 Å². The van der Waals surface area contributed by atoms with E-state index in [1.807, 2.05) is 0 Å². The van der Waals surface area contributed by atoms with E-state index < -0.39 is 29.5 Å². The average Bonchev–Trinajstić information content (AvgIpc) is 2.36. The molecule has 2 unspecified atom stereocenters. The van der Waals surface area contributed by atoms with E-state index in [1.54, 1.807) is 13.8 Å². The van der Waals surface area contributed by atoms with Gasteiger partial charge in [-0.05, 0) is 30.7 Å². The summed E-state index contributed by atoms with van der Waals surface area (Å²) in [6.45, 7) is 3.32. The number of ketones is 2. The van der Waals surface area contributed by atoms with Crippen LogP contribution in [0, 0.1) is 11.7 Å². The smallest absolute Gasteiger partial charge is 0.221 e. The molecular formula is C13H14F2O2. The molecule has 0 aromatic heterocycles. The summed E-state index contributed by atoms with van der Waals surface area (Å²) in [6.07, 6.45) is -1.67. The lowest BCUT2D eigenvalue weighted by molar-refractivity contribution is -0.125. The van der Waals surface area contributed by atoms with E-state index in [0.29, 0.717) is 6.42 Å². The third kappa shape index (κ3) is 3.19. The van der Waals surface area contributed by atoms with Crippen LogP contribution in [0.3, 0.4) is 0 Å². The van der Waals surface area contributed by atoms with Crippen LogP contribution in [0.15, 0.2) is 24.3 Å². The van der Waals surface area contributed by atoms with E-state index in [1.165, 1.54) is 12.1 Å². The molecule has 1 aromatic rings. The molecule has 2 nitrogen and oxygen atoms in total. The van der Waals surface area contributed by atoms with Crippen molar-refractivity contribution >= 4 is 11.6 Å². The summed E-state index contributed by atoms with van der Waals surface area (Å²) in [6, 6.07) is 4.48. The van der Waals surface area contributed by atoms with Gasteiger partial charge in [0.15, 0.2) is 5.78 Å². The zero-order valence-electron chi connectivity index (χ0n) is 9.74. The Morgan fingerprint density at radius 2 is 1.76 bits per heavy atom. The predicted octanol–water partition coefficient (Wildman–Crippen LogP) is 2.96. The Kier molecular flexibility index (Phi) is 4.49. The number of carbonyl (C=O) groups is 2. The summed E-state index contributed by atoms with van der Waals surface area (Å²) >= 11 is 0. The Bertz CT molecular complexity index is 412. The molecule has 0 aliphatic carbocycles. The van der Waals surface area contributed by atoms with Crippen LogP contribution < -0.4 is 0 Å². The molecule has 0 aliphatic rings. The van der Waals surface area contributed by atoms with Crippen LogP contribution in [0.5, 0.6) is 0 Å². The van der Waals surface area contributed by atoms with Crippen LogP contribution in [-0.4, -0.2) is 17.7 Å². The van der Waals surface area contributed by atoms with Crippen molar-refractivity contribution in [3.63, 3.8) is 0 Å². The molecule has 0 N–H and O–H groups in total. The number of alkyl halides is 1. The third-order valence-corrected chi connectivity index (χ3v) is 2.71. The fourth-order valence-electron chi connectivity index (χ4n) is 1.34. The van der Waals surface area contributed by atoms with E-state index in [0.717, 1.165) is 12.1 Å². The SMILES string of the molecule is CCC(C)C(=O)C(F)C(=O)c1ccc(F)cc1. The molecule has 0 radical (unpaired) electrons. The minimum absolute atomic E-state index is 0.00977. The van der Waals surface area contributed by atoms with Crippen LogP contribution in [-0.2, 0) is 4.79 Å². The van der Waals surface area contributed by atoms with Gasteiger partial charge in [0, 0.05) is 11.5 Å². The first-order valence-corrected chi connectivity index (χ1v) is 5.45. The minimum Gasteiger partial charge on any atom is -0.296 e. The number of rotatable bonds is 5. The highest BCUT2D eigenvalue weighted by Gasteiger charge is 2.29. The number of hydrogen-bond donors (Lipinski definition) is 0. The maximum Gasteiger partial charge on any atom is 0.221 e. The van der Waals surface area contributed by atoms with Gasteiger partial charge in [0.2, 0.25) is 12.0 Å². The molecule has 17 heavy (non-hydrogen) atoms. The van der Waals surface area contributed by atoms with E-state index in [2.05, 4.69) is 0 Å².